The summed E-state index contributed by atoms with van der Waals surface area (Å²) < 4.78 is 0. The fraction of sp³-hybridized carbons (Fsp3) is 0.680. The molecule has 13 atom stereocenters. The molecule has 14 N–H and O–H groups in total. The van der Waals surface area contributed by atoms with Crippen LogP contribution in [0.2, 0.25) is 0 Å². The van der Waals surface area contributed by atoms with Crippen LogP contribution in [0.5, 0.6) is 5.75 Å². The van der Waals surface area contributed by atoms with E-state index in [2.05, 4.69) is 47.9 Å². The second kappa shape index (κ2) is 32.3. The van der Waals surface area contributed by atoms with Crippen molar-refractivity contribution in [3.63, 3.8) is 0 Å². The largest absolute Gasteiger partial charge is 0.508 e. The van der Waals surface area contributed by atoms with Gasteiger partial charge >= 0.3 is 5.97 Å². The van der Waals surface area contributed by atoms with E-state index in [9.17, 15) is 63.3 Å². The maximum absolute atomic E-state index is 14.0. The van der Waals surface area contributed by atoms with E-state index in [0.717, 1.165) is 0 Å². The molecule has 0 aliphatic rings. The average molecular weight is 1070 g/mol. The number of carbonyl (C=O) groups excluding carboxylic acids is 9. The highest BCUT2D eigenvalue weighted by Crippen LogP contribution is 2.15. The van der Waals surface area contributed by atoms with Crippen LogP contribution < -0.4 is 53.6 Å². The third-order valence-electron chi connectivity index (χ3n) is 12.5. The number of carboxylic acid groups (broad SMARTS) is 1. The Balaban J connectivity index is 3.28. The number of nitrogens with two attached hydrogens (primary N) is 1. The number of phenolic OH excluding ortho intramolecular Hbond substituents is 1. The van der Waals surface area contributed by atoms with Gasteiger partial charge in [0.05, 0.1) is 12.1 Å². The number of nitrogens with one attached hydrogen (secondary N) is 9. The molecule has 1 aromatic carbocycles. The summed E-state index contributed by atoms with van der Waals surface area (Å²) in [6.07, 6.45) is 1.33. The van der Waals surface area contributed by atoms with Crippen LogP contribution >= 0.6 is 11.8 Å². The fourth-order valence-corrected chi connectivity index (χ4v) is 7.64. The number of rotatable bonds is 32. The Morgan fingerprint density at radius 2 is 0.959 bits per heavy atom. The quantitative estimate of drug-likeness (QED) is 0.0441. The van der Waals surface area contributed by atoms with Crippen LogP contribution in [-0.2, 0) is 54.4 Å². The molecule has 1 rings (SSSR count). The third kappa shape index (κ3) is 22.2. The summed E-state index contributed by atoms with van der Waals surface area (Å²) in [6, 6.07) is -6.61. The number of amides is 9. The first-order valence-electron chi connectivity index (χ1n) is 25.2. The van der Waals surface area contributed by atoms with Crippen molar-refractivity contribution in [3.05, 3.63) is 29.8 Å². The fourth-order valence-electron chi connectivity index (χ4n) is 7.16. The Bertz CT molecular complexity index is 2060. The first kappa shape index (κ1) is 66.0. The zero-order valence-electron chi connectivity index (χ0n) is 45.1. The summed E-state index contributed by atoms with van der Waals surface area (Å²) in [4.78, 5) is 134. The number of aromatic hydroxyl groups is 1. The highest BCUT2D eigenvalue weighted by molar-refractivity contribution is 7.98. The number of thioether (sulfide) groups is 1. The van der Waals surface area contributed by atoms with Gasteiger partial charge in [0.15, 0.2) is 0 Å². The molecule has 0 aliphatic carbocycles. The summed E-state index contributed by atoms with van der Waals surface area (Å²) in [5.41, 5.74) is 6.54. The Morgan fingerprint density at radius 1 is 0.527 bits per heavy atom. The van der Waals surface area contributed by atoms with E-state index in [1.54, 1.807) is 54.7 Å². The van der Waals surface area contributed by atoms with E-state index in [1.165, 1.54) is 63.7 Å². The minimum Gasteiger partial charge on any atom is -0.508 e. The minimum atomic E-state index is -1.62. The van der Waals surface area contributed by atoms with Crippen LogP contribution in [0.25, 0.3) is 0 Å². The van der Waals surface area contributed by atoms with Crippen molar-refractivity contribution in [2.45, 2.75) is 182 Å². The van der Waals surface area contributed by atoms with Gasteiger partial charge in [-0.2, -0.15) is 11.8 Å². The molecule has 0 radical (unpaired) electrons. The van der Waals surface area contributed by atoms with Gasteiger partial charge in [-0.05, 0) is 93.9 Å². The lowest BCUT2D eigenvalue weighted by Gasteiger charge is -2.30. The number of benzene rings is 1. The Labute approximate surface area is 439 Å². The zero-order valence-corrected chi connectivity index (χ0v) is 45.9. The van der Waals surface area contributed by atoms with Crippen LogP contribution in [0.15, 0.2) is 24.3 Å². The topological polar surface area (TPSA) is 366 Å². The van der Waals surface area contributed by atoms with Gasteiger partial charge in [-0.3, -0.25) is 47.9 Å². The first-order chi connectivity index (χ1) is 34.5. The number of carboxylic acids is 1. The molecule has 0 spiro atoms. The third-order valence-corrected chi connectivity index (χ3v) is 13.1. The van der Waals surface area contributed by atoms with Crippen molar-refractivity contribution in [2.24, 2.45) is 29.4 Å². The molecule has 0 bridgehead atoms. The molecule has 24 heteroatoms. The van der Waals surface area contributed by atoms with Gasteiger partial charge in [-0.15, -0.1) is 0 Å². The molecule has 0 saturated heterocycles. The van der Waals surface area contributed by atoms with Crippen LogP contribution in [0, 0.1) is 23.7 Å². The Kier molecular flexibility index (Phi) is 28.8. The number of hydrogen-bond acceptors (Lipinski definition) is 14. The van der Waals surface area contributed by atoms with E-state index >= 15 is 0 Å². The molecule has 74 heavy (non-hydrogen) atoms. The smallest absolute Gasteiger partial charge is 0.325 e. The lowest BCUT2D eigenvalue weighted by atomic mass is 9.97. The maximum atomic E-state index is 14.0. The van der Waals surface area contributed by atoms with Crippen LogP contribution in [0.3, 0.4) is 0 Å². The molecule has 418 valence electrons. The van der Waals surface area contributed by atoms with Crippen LogP contribution in [0.4, 0.5) is 0 Å². The number of aliphatic hydroxyl groups is 1. The summed E-state index contributed by atoms with van der Waals surface area (Å²) in [7, 11) is 0. The predicted octanol–water partition coefficient (Wildman–Crippen LogP) is -0.302. The Hall–Kier alpha value is -6.01. The number of aliphatic hydroxyl groups excluding tert-OH is 1. The standard InChI is InChI=1S/C50H84N10O13S/c1-14-26(7)37(51)46(68)52-29(10)42(64)58-38(25(5)6)47(69)60-40(31(12)61)49(71)55-34(20-21-74-13)43(65)59-39(27(8)15-2)48(70)53-28(9)41(63)56-35(22-24(3)4)45(67)57-36(44(66)54-30(11)50(72)73)23-32-16-18-33(62)19-17-32/h16-19,24-31,34-40,61-62H,14-15,20-23,51H2,1-13H3,(H,52,68)(H,53,70)(H,54,66)(H,55,71)(H,56,63)(H,57,67)(H,58,64)(H,59,65)(H,60,69)(H,72,73)/t26-,27-,28-,29-,30-,31+,34-,35-,36-,37-,38-,39-,40-/m0/s1. The monoisotopic (exact) mass is 1060 g/mol. The van der Waals surface area contributed by atoms with Crippen LogP contribution in [-0.4, -0.2) is 153 Å². The van der Waals surface area contributed by atoms with E-state index < -0.39 is 137 Å². The molecule has 23 nitrogen and oxygen atoms in total. The van der Waals surface area contributed by atoms with Gasteiger partial charge in [-0.25, -0.2) is 0 Å². The second-order valence-corrected chi connectivity index (χ2v) is 20.7. The number of phenols is 1. The highest BCUT2D eigenvalue weighted by Gasteiger charge is 2.37. The molecule has 0 fully saturated rings. The van der Waals surface area contributed by atoms with Gasteiger partial charge in [0.25, 0.3) is 0 Å². The molecule has 0 unspecified atom stereocenters. The van der Waals surface area contributed by atoms with Crippen LogP contribution in [0.1, 0.15) is 114 Å². The number of aliphatic carboxylic acids is 1. The first-order valence-corrected chi connectivity index (χ1v) is 26.6. The number of carbonyl (C=O) groups is 10. The molecule has 0 heterocycles. The van der Waals surface area contributed by atoms with E-state index in [4.69, 9.17) is 5.73 Å². The van der Waals surface area contributed by atoms with Gasteiger partial charge in [-0.1, -0.05) is 80.4 Å². The lowest BCUT2D eigenvalue weighted by molar-refractivity contribution is -0.141. The van der Waals surface area contributed by atoms with Gasteiger partial charge < -0.3 is 68.9 Å². The van der Waals surface area contributed by atoms with E-state index in [0.29, 0.717) is 24.2 Å². The lowest BCUT2D eigenvalue weighted by Crippen LogP contribution is -2.62. The molecule has 0 saturated carbocycles. The minimum absolute atomic E-state index is 0.0377. The summed E-state index contributed by atoms with van der Waals surface area (Å²) >= 11 is 1.36. The molecule has 9 amide bonds. The van der Waals surface area contributed by atoms with Gasteiger partial charge in [0, 0.05) is 6.42 Å². The molecule has 0 aliphatic heterocycles. The summed E-state index contributed by atoms with van der Waals surface area (Å²) in [6.45, 7) is 19.3. The zero-order chi connectivity index (χ0) is 56.7. The molecule has 0 aromatic heterocycles. The summed E-state index contributed by atoms with van der Waals surface area (Å²) in [5, 5.41) is 53.0. The van der Waals surface area contributed by atoms with E-state index in [1.807, 2.05) is 6.92 Å². The van der Waals surface area contributed by atoms with Gasteiger partial charge in [0.1, 0.15) is 60.1 Å². The number of hydrogen-bond donors (Lipinski definition) is 13. The molecular formula is C50H84N10O13S. The second-order valence-electron chi connectivity index (χ2n) is 19.7. The molecule has 1 aromatic rings. The van der Waals surface area contributed by atoms with Crippen molar-refractivity contribution in [3.8, 4) is 5.75 Å². The van der Waals surface area contributed by atoms with Crippen molar-refractivity contribution in [1.82, 2.24) is 47.9 Å². The highest BCUT2D eigenvalue weighted by atomic mass is 32.2. The van der Waals surface area contributed by atoms with Gasteiger partial charge in [0.2, 0.25) is 53.2 Å². The summed E-state index contributed by atoms with van der Waals surface area (Å²) in [5.74, 6) is -9.29. The van der Waals surface area contributed by atoms with Crippen molar-refractivity contribution in [2.75, 3.05) is 12.0 Å². The predicted molar refractivity (Wildman–Crippen MR) is 280 cm³/mol. The molecular weight excluding hydrogens is 981 g/mol. The maximum Gasteiger partial charge on any atom is 0.325 e. The van der Waals surface area contributed by atoms with Crippen molar-refractivity contribution in [1.29, 1.82) is 0 Å². The average Bonchev–Trinajstić information content (AvgIpc) is 3.33. The normalized spacial score (nSPS) is 16.6. The van der Waals surface area contributed by atoms with Crippen molar-refractivity contribution < 1.29 is 63.3 Å². The van der Waals surface area contributed by atoms with Crippen molar-refractivity contribution >= 4 is 70.9 Å². The SMILES string of the molecule is CC[C@H](C)[C@H](N)C(=O)N[C@@H](C)C(=O)N[C@H](C(=O)N[C@H](C(=O)N[C@@H](CCSC)C(=O)N[C@H](C(=O)N[C@@H](C)C(=O)N[C@@H](CC(C)C)C(=O)N[C@@H](Cc1ccc(O)cc1)C(=O)N[C@@H](C)C(=O)O)[C@@H](C)CC)[C@@H](C)O)C(C)C. The Morgan fingerprint density at radius 3 is 1.46 bits per heavy atom. The van der Waals surface area contributed by atoms with E-state index in [-0.39, 0.29) is 36.8 Å².